The minimum atomic E-state index is -0.743. The number of aromatic amines is 2. The van der Waals surface area contributed by atoms with E-state index in [0.29, 0.717) is 34.2 Å². The fourth-order valence-corrected chi connectivity index (χ4v) is 14.7. The van der Waals surface area contributed by atoms with Crippen molar-refractivity contribution >= 4 is 68.4 Å². The van der Waals surface area contributed by atoms with Crippen molar-refractivity contribution in [3.05, 3.63) is 69.9 Å². The van der Waals surface area contributed by atoms with Crippen LogP contribution in [0.4, 0.5) is 0 Å². The van der Waals surface area contributed by atoms with Crippen molar-refractivity contribution in [2.75, 3.05) is 0 Å². The van der Waals surface area contributed by atoms with E-state index < -0.39 is 23.1 Å². The molecule has 6 aliphatic heterocycles. The third-order valence-electron chi connectivity index (χ3n) is 16.6. The molecule has 4 saturated heterocycles. The molecule has 2 N–H and O–H groups in total. The first kappa shape index (κ1) is 49.1. The van der Waals surface area contributed by atoms with Gasteiger partial charge in [0.05, 0.1) is 36.6 Å². The van der Waals surface area contributed by atoms with Crippen molar-refractivity contribution in [3.8, 4) is 0 Å². The average molecular weight is 994 g/mol. The first-order valence-corrected chi connectivity index (χ1v) is 26.6. The maximum atomic E-state index is 6.67. The molecule has 0 aromatic carbocycles. The van der Waals surface area contributed by atoms with Crippen LogP contribution >= 0.6 is 0 Å². The van der Waals surface area contributed by atoms with Crippen LogP contribution in [0.5, 0.6) is 0 Å². The second-order valence-electron chi connectivity index (χ2n) is 22.2. The Labute approximate surface area is 437 Å². The Morgan fingerprint density at radius 3 is 1.33 bits per heavy atom. The second-order valence-corrected chi connectivity index (χ2v) is 22.2. The molecule has 9 heterocycles. The minimum absolute atomic E-state index is 0. The van der Waals surface area contributed by atoms with Gasteiger partial charge in [-0.15, -0.1) is 9.97 Å². The molecule has 15 unspecified atom stereocenters. The number of ether oxygens (including phenoxy) is 8. The van der Waals surface area contributed by atoms with Gasteiger partial charge >= 0.3 is 23.1 Å². The van der Waals surface area contributed by atoms with E-state index in [9.17, 15) is 0 Å². The summed E-state index contributed by atoms with van der Waals surface area (Å²) in [5.74, 6) is -0.301. The summed E-state index contributed by atoms with van der Waals surface area (Å²) in [6.07, 6.45) is 11.4. The van der Waals surface area contributed by atoms with Crippen LogP contribution in [0.3, 0.4) is 0 Å². The fourth-order valence-electron chi connectivity index (χ4n) is 14.7. The zero-order valence-corrected chi connectivity index (χ0v) is 45.5. The normalized spacial score (nSPS) is 38.2. The number of hydrogen-bond donors (Lipinski definition) is 0. The zero-order valence-electron chi connectivity index (χ0n) is 44.1. The SMILES string of the molecule is CC.CC.CC.CC1(C)OC2C=CC(C3=Cc4nc5[n-]c(nc6[nH+]c(nc7[n-]c(nc3[nH+]4)c3c7C4C=CC3C3OC(C)(C)OC43)C3=C6C4CC3C3OC(C)(C)OC43)c3c5C4CC3C3OC(C)(C)OC43)C2O1.[Mg+2]. The zero-order chi connectivity index (χ0) is 49.6. The predicted octanol–water partition coefficient (Wildman–Crippen LogP) is 7.39. The van der Waals surface area contributed by atoms with Gasteiger partial charge in [0.25, 0.3) is 17.5 Å². The molecule has 2 saturated carbocycles. The van der Waals surface area contributed by atoms with E-state index in [2.05, 4.69) is 40.3 Å². The van der Waals surface area contributed by atoms with Gasteiger partial charge in [0.2, 0.25) is 0 Å². The van der Waals surface area contributed by atoms with E-state index in [1.807, 2.05) is 96.9 Å². The van der Waals surface area contributed by atoms with Crippen LogP contribution in [0, 0.1) is 17.8 Å². The third-order valence-corrected chi connectivity index (χ3v) is 16.6. The summed E-state index contributed by atoms with van der Waals surface area (Å²) in [6.45, 7) is 27.9. The Balaban J connectivity index is 0.000000732. The van der Waals surface area contributed by atoms with E-state index >= 15 is 0 Å². The summed E-state index contributed by atoms with van der Waals surface area (Å²) in [6, 6.07) is 0. The Morgan fingerprint density at radius 2 is 0.819 bits per heavy atom. The summed E-state index contributed by atoms with van der Waals surface area (Å²) in [7, 11) is 0. The van der Waals surface area contributed by atoms with Crippen molar-refractivity contribution in [2.24, 2.45) is 17.8 Å². The molecule has 376 valence electrons. The summed E-state index contributed by atoms with van der Waals surface area (Å²) in [5, 5.41) is 0. The molecule has 3 aromatic rings. The van der Waals surface area contributed by atoms with Crippen molar-refractivity contribution in [2.45, 2.75) is 205 Å². The van der Waals surface area contributed by atoms with E-state index in [-0.39, 0.29) is 113 Å². The average Bonchev–Trinajstić information content (AvgIpc) is 4.15. The topological polar surface area (TPSA) is 182 Å². The summed E-state index contributed by atoms with van der Waals surface area (Å²) in [5.41, 5.74) is 9.90. The summed E-state index contributed by atoms with van der Waals surface area (Å²) < 4.78 is 52.8. The first-order valence-electron chi connectivity index (χ1n) is 26.6. The van der Waals surface area contributed by atoms with Crippen LogP contribution in [-0.4, -0.2) is 115 Å². The number of rotatable bonds is 1. The monoisotopic (exact) mass is 992 g/mol. The van der Waals surface area contributed by atoms with Crippen LogP contribution in [-0.2, 0) is 37.9 Å². The van der Waals surface area contributed by atoms with Gasteiger partial charge in [0.1, 0.15) is 18.0 Å². The minimum Gasteiger partial charge on any atom is -0.344 e. The number of H-pyrrole nitrogens is 2. The smallest absolute Gasteiger partial charge is 0.344 e. The van der Waals surface area contributed by atoms with Crippen molar-refractivity contribution in [1.82, 2.24) is 29.9 Å². The van der Waals surface area contributed by atoms with E-state index in [4.69, 9.17) is 67.8 Å². The van der Waals surface area contributed by atoms with Crippen LogP contribution in [0.1, 0.15) is 179 Å². The van der Waals surface area contributed by atoms with E-state index in [1.54, 1.807) is 0 Å². The fraction of sp³-hybridized carbons (Fsp3) is 0.636. The molecule has 17 rings (SSSR count). The quantitative estimate of drug-likeness (QED) is 0.174. The molecule has 15 atom stereocenters. The van der Waals surface area contributed by atoms with Crippen LogP contribution in [0.25, 0.3) is 45.4 Å². The van der Waals surface area contributed by atoms with Gasteiger partial charge in [-0.1, -0.05) is 70.8 Å². The Morgan fingerprint density at radius 1 is 0.431 bits per heavy atom. The molecule has 3 aromatic heterocycles. The van der Waals surface area contributed by atoms with Crippen LogP contribution in [0.2, 0.25) is 0 Å². The first-order chi connectivity index (χ1) is 34.0. The summed E-state index contributed by atoms with van der Waals surface area (Å²) >= 11 is 0. The van der Waals surface area contributed by atoms with Gasteiger partial charge in [-0.2, -0.15) is 0 Å². The molecule has 16 nitrogen and oxygen atoms in total. The standard InChI is InChI=1S/C49H48N8O8.3C2H6.Mg/c1-46(2)58-24-12-11-16(32(24)59-46)19-15-25-50-39(19)52-41-26-17-9-10-18(34-33(17)60-47(3,4)61-34)27(26)42(54-41)55-44-30-22-14-23(38-37(22)64-49(7,8)65-38)31(30)45(57-44)56-43-29-21-13-20(28(29)40(51-25)53-43)35-36(21)63-48(5,6)62-35;3*1-2;/h9-12,15-18,20-24,32-38H,13-14H2,1-8H3;3*1-2H3;/q-2;;;;+2/p+2. The Bertz CT molecular complexity index is 3080. The molecule has 6 fully saturated rings. The molecular formula is C55H68MgN8O8+2. The third kappa shape index (κ3) is 6.89. The largest absolute Gasteiger partial charge is 2.00 e. The molecule has 8 aliphatic carbocycles. The Kier molecular flexibility index (Phi) is 11.3. The molecular weight excluding hydrogens is 925 g/mol. The van der Waals surface area contributed by atoms with Crippen molar-refractivity contribution in [1.29, 1.82) is 0 Å². The molecule has 17 heteroatoms. The molecule has 14 bridgehead atoms. The second kappa shape index (κ2) is 16.6. The Hall–Kier alpha value is -3.75. The number of hydrogen-bond acceptors (Lipinski definition) is 12. The molecule has 72 heavy (non-hydrogen) atoms. The molecule has 0 radical (unpaired) electrons. The van der Waals surface area contributed by atoms with Gasteiger partial charge in [-0.25, -0.2) is 4.98 Å². The number of aromatic nitrogens is 8. The number of nitrogens with one attached hydrogen (secondary N) is 2. The molecule has 14 aliphatic rings. The van der Waals surface area contributed by atoms with Crippen LogP contribution < -0.4 is 19.9 Å². The van der Waals surface area contributed by atoms with Gasteiger partial charge < -0.3 is 47.9 Å². The van der Waals surface area contributed by atoms with Gasteiger partial charge in [0, 0.05) is 86.6 Å². The maximum absolute atomic E-state index is 6.67. The predicted molar refractivity (Wildman–Crippen MR) is 266 cm³/mol. The van der Waals surface area contributed by atoms with Crippen LogP contribution in [0.15, 0.2) is 24.3 Å². The van der Waals surface area contributed by atoms with Gasteiger partial charge in [-0.3, -0.25) is 9.97 Å². The van der Waals surface area contributed by atoms with Gasteiger partial charge in [-0.05, 0) is 73.8 Å². The van der Waals surface area contributed by atoms with Gasteiger partial charge in [0.15, 0.2) is 40.1 Å². The van der Waals surface area contributed by atoms with Crippen molar-refractivity contribution in [3.63, 3.8) is 0 Å². The number of fused-ring (bicyclic) bond motifs is 28. The van der Waals surface area contributed by atoms with E-state index in [0.717, 1.165) is 63.5 Å². The van der Waals surface area contributed by atoms with E-state index in [1.165, 1.54) is 0 Å². The van der Waals surface area contributed by atoms with Crippen molar-refractivity contribution < 1.29 is 47.9 Å². The maximum Gasteiger partial charge on any atom is 2.00 e. The summed E-state index contributed by atoms with van der Waals surface area (Å²) in [4.78, 5) is 40.2. The molecule has 0 amide bonds. The number of nitrogens with zero attached hydrogens (tertiary/aromatic N) is 6. The molecule has 0 spiro atoms.